The monoisotopic (exact) mass is 347 g/mol. The van der Waals surface area contributed by atoms with Gasteiger partial charge in [-0.2, -0.15) is 0 Å². The largest absolute Gasteiger partial charge is 0.506 e. The van der Waals surface area contributed by atoms with Crippen LogP contribution in [0.2, 0.25) is 0 Å². The molecule has 0 aliphatic carbocycles. The van der Waals surface area contributed by atoms with Crippen LogP contribution in [0.5, 0.6) is 5.75 Å². The highest BCUT2D eigenvalue weighted by atomic mass is 16.5. The molecule has 3 N–H and O–H groups in total. The molecule has 9 nitrogen and oxygen atoms in total. The molecule has 0 aromatic carbocycles. The highest BCUT2D eigenvalue weighted by Gasteiger charge is 2.24. The Kier molecular flexibility index (Phi) is 4.41. The number of aromatic hydroxyl groups is 1. The van der Waals surface area contributed by atoms with Gasteiger partial charge in [0.15, 0.2) is 0 Å². The smallest absolute Gasteiger partial charge is 0.322 e. The summed E-state index contributed by atoms with van der Waals surface area (Å²) >= 11 is 0. The van der Waals surface area contributed by atoms with Crippen LogP contribution in [0.1, 0.15) is 34.9 Å². The van der Waals surface area contributed by atoms with Crippen LogP contribution >= 0.6 is 0 Å². The molecule has 1 aliphatic heterocycles. The fourth-order valence-corrected chi connectivity index (χ4v) is 2.88. The minimum atomic E-state index is -1.26. The average molecular weight is 347 g/mol. The maximum absolute atomic E-state index is 12.4. The topological polar surface area (TPSA) is 131 Å². The molecule has 0 spiro atoms. The molecule has 25 heavy (non-hydrogen) atoms. The second-order valence-electron chi connectivity index (χ2n) is 5.81. The number of nitrogens with zero attached hydrogens (tertiary/aromatic N) is 2. The molecule has 0 radical (unpaired) electrons. The molecule has 2 aromatic rings. The van der Waals surface area contributed by atoms with Gasteiger partial charge in [-0.05, 0) is 24.5 Å². The van der Waals surface area contributed by atoms with Crippen molar-refractivity contribution in [3.8, 4) is 5.75 Å². The summed E-state index contributed by atoms with van der Waals surface area (Å²) in [4.78, 5) is 39.3. The van der Waals surface area contributed by atoms with Crippen molar-refractivity contribution < 1.29 is 24.5 Å². The summed E-state index contributed by atoms with van der Waals surface area (Å²) in [6.45, 7) is -0.0154. The van der Waals surface area contributed by atoms with E-state index in [0.717, 1.165) is 23.0 Å². The summed E-state index contributed by atoms with van der Waals surface area (Å²) in [6, 6.07) is 1.64. The van der Waals surface area contributed by atoms with Crippen molar-refractivity contribution in [1.29, 1.82) is 0 Å². The summed E-state index contributed by atoms with van der Waals surface area (Å²) < 4.78 is 6.73. The van der Waals surface area contributed by atoms with Crippen LogP contribution < -0.4 is 10.9 Å². The van der Waals surface area contributed by atoms with Crippen LogP contribution in [-0.2, 0) is 16.6 Å². The first kappa shape index (κ1) is 16.9. The van der Waals surface area contributed by atoms with E-state index in [1.165, 1.54) is 7.05 Å². The number of hydrogen-bond donors (Lipinski definition) is 3. The molecule has 0 saturated carbocycles. The zero-order valence-electron chi connectivity index (χ0n) is 13.5. The van der Waals surface area contributed by atoms with E-state index >= 15 is 0 Å². The highest BCUT2D eigenvalue weighted by molar-refractivity contribution is 6.02. The summed E-state index contributed by atoms with van der Waals surface area (Å²) in [5.41, 5.74) is -0.303. The number of aromatic nitrogens is 2. The third-order valence-corrected chi connectivity index (χ3v) is 4.14. The van der Waals surface area contributed by atoms with Crippen molar-refractivity contribution in [2.24, 2.45) is 7.05 Å². The van der Waals surface area contributed by atoms with Crippen LogP contribution in [0.4, 0.5) is 0 Å². The molecule has 1 amide bonds. The normalized spacial score (nSPS) is 16.9. The summed E-state index contributed by atoms with van der Waals surface area (Å²) in [6.07, 6.45) is 3.19. The fourth-order valence-electron chi connectivity index (χ4n) is 2.88. The lowest BCUT2D eigenvalue weighted by molar-refractivity contribution is -0.135. The maximum atomic E-state index is 12.4. The van der Waals surface area contributed by atoms with E-state index in [2.05, 4.69) is 10.3 Å². The fraction of sp³-hybridized carbons (Fsp3) is 0.375. The second kappa shape index (κ2) is 6.52. The minimum absolute atomic E-state index is 0.141. The average Bonchev–Trinajstić information content (AvgIpc) is 3.12. The molecular formula is C16H17N3O6. The van der Waals surface area contributed by atoms with Gasteiger partial charge in [0.1, 0.15) is 23.5 Å². The van der Waals surface area contributed by atoms with Crippen molar-refractivity contribution in [3.05, 3.63) is 33.7 Å². The highest BCUT2D eigenvalue weighted by Crippen LogP contribution is 2.32. The van der Waals surface area contributed by atoms with Gasteiger partial charge in [0, 0.05) is 19.9 Å². The van der Waals surface area contributed by atoms with Gasteiger partial charge in [-0.1, -0.05) is 0 Å². The predicted molar refractivity (Wildman–Crippen MR) is 86.5 cm³/mol. The van der Waals surface area contributed by atoms with Crippen LogP contribution in [0, 0.1) is 0 Å². The van der Waals surface area contributed by atoms with Crippen molar-refractivity contribution in [2.45, 2.75) is 18.9 Å². The third-order valence-electron chi connectivity index (χ3n) is 4.14. The van der Waals surface area contributed by atoms with Gasteiger partial charge in [-0.15, -0.1) is 0 Å². The molecule has 3 heterocycles. The van der Waals surface area contributed by atoms with Gasteiger partial charge in [0.2, 0.25) is 0 Å². The summed E-state index contributed by atoms with van der Waals surface area (Å²) in [5.74, 6) is -2.73. The summed E-state index contributed by atoms with van der Waals surface area (Å²) in [7, 11) is 1.43. The molecule has 0 bridgehead atoms. The first-order chi connectivity index (χ1) is 11.9. The molecule has 1 fully saturated rings. The number of carboxylic acids is 1. The summed E-state index contributed by atoms with van der Waals surface area (Å²) in [5, 5.41) is 21.4. The first-order valence-electron chi connectivity index (χ1n) is 7.73. The molecule has 3 rings (SSSR count). The van der Waals surface area contributed by atoms with Crippen molar-refractivity contribution in [2.75, 3.05) is 13.2 Å². The number of fused-ring (bicyclic) bond motifs is 1. The standard InChI is InChI=1S/C16H17N3O6/c1-19-14-9(5-8(6-17-14)10-3-2-4-25-10)13(22)12(16(19)24)15(23)18-7-11(20)21/h5-6,10,22H,2-4,7H2,1H3,(H,18,23)(H,20,21). The number of aryl methyl sites for hydroxylation is 1. The number of carbonyl (C=O) groups is 2. The maximum Gasteiger partial charge on any atom is 0.322 e. The van der Waals surface area contributed by atoms with E-state index in [0.29, 0.717) is 6.61 Å². The van der Waals surface area contributed by atoms with Crippen molar-refractivity contribution >= 4 is 22.9 Å². The number of amides is 1. The van der Waals surface area contributed by atoms with E-state index in [-0.39, 0.29) is 17.1 Å². The Morgan fingerprint density at radius 2 is 2.24 bits per heavy atom. The van der Waals surface area contributed by atoms with Crippen LogP contribution in [0.25, 0.3) is 11.0 Å². The Labute approximate surface area is 141 Å². The Balaban J connectivity index is 2.12. The minimum Gasteiger partial charge on any atom is -0.506 e. The van der Waals surface area contributed by atoms with Crippen molar-refractivity contribution in [1.82, 2.24) is 14.9 Å². The van der Waals surface area contributed by atoms with Crippen LogP contribution in [0.3, 0.4) is 0 Å². The molecule has 9 heteroatoms. The molecule has 132 valence electrons. The van der Waals surface area contributed by atoms with E-state index < -0.39 is 35.3 Å². The van der Waals surface area contributed by atoms with Gasteiger partial charge in [-0.3, -0.25) is 19.0 Å². The van der Waals surface area contributed by atoms with Crippen molar-refractivity contribution in [3.63, 3.8) is 0 Å². The molecular weight excluding hydrogens is 330 g/mol. The van der Waals surface area contributed by atoms with E-state index in [9.17, 15) is 19.5 Å². The molecule has 2 aromatic heterocycles. The van der Waals surface area contributed by atoms with Gasteiger partial charge < -0.3 is 20.3 Å². The number of carbonyl (C=O) groups excluding carboxylic acids is 1. The SMILES string of the molecule is Cn1c(=O)c(C(=O)NCC(=O)O)c(O)c2cc(C3CCCO3)cnc21. The predicted octanol–water partition coefficient (Wildman–Crippen LogP) is 0.305. The molecule has 1 unspecified atom stereocenters. The zero-order valence-corrected chi connectivity index (χ0v) is 13.5. The van der Waals surface area contributed by atoms with Gasteiger partial charge in [-0.25, -0.2) is 4.98 Å². The lowest BCUT2D eigenvalue weighted by Crippen LogP contribution is -2.35. The van der Waals surface area contributed by atoms with Crippen LogP contribution in [-0.4, -0.2) is 44.8 Å². The van der Waals surface area contributed by atoms with Gasteiger partial charge in [0.05, 0.1) is 11.5 Å². The number of nitrogens with one attached hydrogen (secondary N) is 1. The Morgan fingerprint density at radius 1 is 1.48 bits per heavy atom. The number of rotatable bonds is 4. The third kappa shape index (κ3) is 3.05. The molecule has 1 saturated heterocycles. The van der Waals surface area contributed by atoms with Gasteiger partial charge in [0.25, 0.3) is 11.5 Å². The van der Waals surface area contributed by atoms with E-state index in [1.54, 1.807) is 12.3 Å². The number of hydrogen-bond acceptors (Lipinski definition) is 6. The van der Waals surface area contributed by atoms with E-state index in [1.807, 2.05) is 0 Å². The second-order valence-corrected chi connectivity index (χ2v) is 5.81. The lowest BCUT2D eigenvalue weighted by Gasteiger charge is -2.14. The quantitative estimate of drug-likeness (QED) is 0.725. The zero-order chi connectivity index (χ0) is 18.1. The molecule has 1 aliphatic rings. The lowest BCUT2D eigenvalue weighted by atomic mass is 10.1. The number of pyridine rings is 2. The Hall–Kier alpha value is -2.94. The Bertz CT molecular complexity index is 914. The number of aliphatic carboxylic acids is 1. The van der Waals surface area contributed by atoms with E-state index in [4.69, 9.17) is 9.84 Å². The van der Waals surface area contributed by atoms with Gasteiger partial charge >= 0.3 is 5.97 Å². The number of carboxylic acid groups (broad SMARTS) is 1. The van der Waals surface area contributed by atoms with Crippen LogP contribution in [0.15, 0.2) is 17.1 Å². The number of ether oxygens (including phenoxy) is 1. The first-order valence-corrected chi connectivity index (χ1v) is 7.73. The molecule has 1 atom stereocenters. The Morgan fingerprint density at radius 3 is 2.88 bits per heavy atom.